The summed E-state index contributed by atoms with van der Waals surface area (Å²) in [7, 11) is 8.35. The molecular formula is C18H24N2O3Si+. The van der Waals surface area contributed by atoms with Gasteiger partial charge in [-0.3, -0.25) is 0 Å². The molecule has 0 aliphatic rings. The Balaban J connectivity index is 2.25. The van der Waals surface area contributed by atoms with E-state index < -0.39 is 5.91 Å². The van der Waals surface area contributed by atoms with Crippen LogP contribution in [0, 0.1) is 0 Å². The fourth-order valence-corrected chi connectivity index (χ4v) is 3.15. The second-order valence-corrected chi connectivity index (χ2v) is 5.81. The van der Waals surface area contributed by atoms with Crippen LogP contribution < -0.4 is 4.57 Å². The Hall–Kier alpha value is -1.73. The predicted octanol–water partition coefficient (Wildman–Crippen LogP) is 1.97. The molecule has 0 aliphatic carbocycles. The summed E-state index contributed by atoms with van der Waals surface area (Å²) in [4.78, 5) is 0. The van der Waals surface area contributed by atoms with E-state index in [0.717, 1.165) is 12.1 Å². The summed E-state index contributed by atoms with van der Waals surface area (Å²) in [6, 6.07) is 8.87. The maximum atomic E-state index is 5.67. The standard InChI is InChI=1S/C18H24N2O3Si/c1-5-15-6-8-16(9-7-15)12-19-10-11-20(14-19)18(22-3,23-4)17(13-24)21-2/h5-11,14,17H,1,12-13H2,2-4H3/q+1. The van der Waals surface area contributed by atoms with Gasteiger partial charge in [-0.15, -0.1) is 0 Å². The lowest BCUT2D eigenvalue weighted by atomic mass is 10.1. The van der Waals surface area contributed by atoms with E-state index in [-0.39, 0.29) is 6.10 Å². The summed E-state index contributed by atoms with van der Waals surface area (Å²) in [5, 5.41) is 0. The number of imidazole rings is 1. The third-order valence-corrected chi connectivity index (χ3v) is 4.46. The molecule has 1 unspecified atom stereocenters. The molecule has 2 aromatic rings. The number of nitrogens with zero attached hydrogens (tertiary/aromatic N) is 2. The van der Waals surface area contributed by atoms with Crippen LogP contribution in [0.3, 0.4) is 0 Å². The van der Waals surface area contributed by atoms with Gasteiger partial charge in [-0.1, -0.05) is 36.9 Å². The predicted molar refractivity (Wildman–Crippen MR) is 93.6 cm³/mol. The smallest absolute Gasteiger partial charge is 0.353 e. The molecule has 0 amide bonds. The van der Waals surface area contributed by atoms with E-state index >= 15 is 0 Å². The molecule has 0 N–H and O–H groups in total. The molecule has 0 spiro atoms. The number of hydrogen-bond acceptors (Lipinski definition) is 3. The Morgan fingerprint density at radius 2 is 1.92 bits per heavy atom. The molecule has 3 radical (unpaired) electrons. The van der Waals surface area contributed by atoms with E-state index in [1.165, 1.54) is 5.56 Å². The Bertz CT molecular complexity index is 647. The van der Waals surface area contributed by atoms with Gasteiger partial charge in [0, 0.05) is 31.6 Å². The van der Waals surface area contributed by atoms with Crippen LogP contribution in [-0.4, -0.2) is 42.2 Å². The largest absolute Gasteiger partial charge is 0.371 e. The van der Waals surface area contributed by atoms with Crippen molar-refractivity contribution in [3.05, 3.63) is 60.7 Å². The number of aromatic nitrogens is 2. The van der Waals surface area contributed by atoms with Gasteiger partial charge in [0.05, 0.1) is 0 Å². The zero-order valence-electron chi connectivity index (χ0n) is 14.4. The number of ether oxygens (including phenoxy) is 3. The Morgan fingerprint density at radius 1 is 1.25 bits per heavy atom. The van der Waals surface area contributed by atoms with Gasteiger partial charge >= 0.3 is 5.91 Å². The highest BCUT2D eigenvalue weighted by Gasteiger charge is 2.46. The fraction of sp³-hybridized carbons (Fsp3) is 0.389. The van der Waals surface area contributed by atoms with Gasteiger partial charge in [0.15, 0.2) is 6.10 Å². The number of rotatable bonds is 9. The molecule has 5 nitrogen and oxygen atoms in total. The lowest BCUT2D eigenvalue weighted by Gasteiger charge is -2.32. The molecule has 1 heterocycles. The van der Waals surface area contributed by atoms with E-state index in [1.807, 2.05) is 29.4 Å². The van der Waals surface area contributed by atoms with Crippen LogP contribution in [0.2, 0.25) is 6.04 Å². The maximum absolute atomic E-state index is 5.67. The van der Waals surface area contributed by atoms with E-state index in [0.29, 0.717) is 6.04 Å². The Labute approximate surface area is 146 Å². The molecule has 1 aromatic carbocycles. The van der Waals surface area contributed by atoms with Crippen LogP contribution in [-0.2, 0) is 26.7 Å². The van der Waals surface area contributed by atoms with Gasteiger partial charge in [0.2, 0.25) is 6.33 Å². The molecule has 24 heavy (non-hydrogen) atoms. The Kier molecular flexibility index (Phi) is 6.50. The van der Waals surface area contributed by atoms with Crippen molar-refractivity contribution >= 4 is 16.3 Å². The number of methoxy groups -OCH3 is 3. The van der Waals surface area contributed by atoms with Crippen LogP contribution in [0.25, 0.3) is 6.08 Å². The molecule has 127 valence electrons. The summed E-state index contributed by atoms with van der Waals surface area (Å²) in [6.07, 6.45) is 7.37. The minimum Gasteiger partial charge on any atom is -0.371 e. The first kappa shape index (κ1) is 18.6. The van der Waals surface area contributed by atoms with Crippen molar-refractivity contribution in [3.8, 4) is 0 Å². The summed E-state index contributed by atoms with van der Waals surface area (Å²) in [5.74, 6) is -1.03. The minimum atomic E-state index is -1.03. The average molecular weight is 344 g/mol. The molecule has 0 bridgehead atoms. The SMILES string of the molecule is C=Cc1ccc(C[n+]2ccn(C(OC)(OC)C(C[Si])OC)c2)cc1. The van der Waals surface area contributed by atoms with Crippen molar-refractivity contribution in [2.24, 2.45) is 0 Å². The second-order valence-electron chi connectivity index (χ2n) is 5.41. The first-order chi connectivity index (χ1) is 11.6. The van der Waals surface area contributed by atoms with Gasteiger partial charge in [0.25, 0.3) is 0 Å². The van der Waals surface area contributed by atoms with E-state index in [1.54, 1.807) is 21.3 Å². The van der Waals surface area contributed by atoms with Crippen molar-refractivity contribution in [3.63, 3.8) is 0 Å². The van der Waals surface area contributed by atoms with Crippen LogP contribution in [0.5, 0.6) is 0 Å². The molecular weight excluding hydrogens is 320 g/mol. The zero-order valence-corrected chi connectivity index (χ0v) is 15.4. The van der Waals surface area contributed by atoms with Gasteiger partial charge in [-0.2, -0.15) is 4.57 Å². The molecule has 2 rings (SSSR count). The Morgan fingerprint density at radius 3 is 2.42 bits per heavy atom. The van der Waals surface area contributed by atoms with Crippen molar-refractivity contribution in [1.29, 1.82) is 0 Å². The first-order valence-corrected chi connectivity index (χ1v) is 8.40. The molecule has 0 saturated heterocycles. The van der Waals surface area contributed by atoms with Crippen molar-refractivity contribution < 1.29 is 18.8 Å². The normalized spacial score (nSPS) is 13.0. The van der Waals surface area contributed by atoms with Crippen molar-refractivity contribution in [2.75, 3.05) is 21.3 Å². The maximum Gasteiger partial charge on any atom is 0.353 e. The molecule has 0 fully saturated rings. The van der Waals surface area contributed by atoms with Crippen LogP contribution >= 0.6 is 0 Å². The monoisotopic (exact) mass is 344 g/mol. The van der Waals surface area contributed by atoms with Crippen LogP contribution in [0.1, 0.15) is 11.1 Å². The molecule has 1 aromatic heterocycles. The molecule has 0 aliphatic heterocycles. The number of benzene rings is 1. The minimum absolute atomic E-state index is 0.308. The highest BCUT2D eigenvalue weighted by molar-refractivity contribution is 6.08. The third-order valence-electron chi connectivity index (χ3n) is 4.09. The summed E-state index contributed by atoms with van der Waals surface area (Å²) in [6.45, 7) is 4.52. The third kappa shape index (κ3) is 3.67. The van der Waals surface area contributed by atoms with Crippen molar-refractivity contribution in [1.82, 2.24) is 4.57 Å². The van der Waals surface area contributed by atoms with E-state index in [4.69, 9.17) is 14.2 Å². The topological polar surface area (TPSA) is 36.5 Å². The van der Waals surface area contributed by atoms with Crippen LogP contribution in [0.4, 0.5) is 0 Å². The number of hydrogen-bond donors (Lipinski definition) is 0. The van der Waals surface area contributed by atoms with Gasteiger partial charge in [-0.05, 0) is 17.2 Å². The van der Waals surface area contributed by atoms with Gasteiger partial charge < -0.3 is 14.2 Å². The lowest BCUT2D eigenvalue weighted by molar-refractivity contribution is -0.688. The molecule has 6 heteroatoms. The first-order valence-electron chi connectivity index (χ1n) is 7.70. The highest BCUT2D eigenvalue weighted by Crippen LogP contribution is 2.26. The van der Waals surface area contributed by atoms with Crippen LogP contribution in [0.15, 0.2) is 49.6 Å². The van der Waals surface area contributed by atoms with Gasteiger partial charge in [-0.25, -0.2) is 4.57 Å². The summed E-state index contributed by atoms with van der Waals surface area (Å²) in [5.41, 5.74) is 2.31. The summed E-state index contributed by atoms with van der Waals surface area (Å²) < 4.78 is 20.8. The van der Waals surface area contributed by atoms with Crippen molar-refractivity contribution in [2.45, 2.75) is 24.6 Å². The van der Waals surface area contributed by atoms with Gasteiger partial charge in [0.1, 0.15) is 18.9 Å². The van der Waals surface area contributed by atoms with E-state index in [9.17, 15) is 0 Å². The highest BCUT2D eigenvalue weighted by atomic mass is 28.1. The average Bonchev–Trinajstić information content (AvgIpc) is 3.09. The molecule has 0 saturated carbocycles. The van der Waals surface area contributed by atoms with E-state index in [2.05, 4.69) is 45.7 Å². The fourth-order valence-electron chi connectivity index (χ4n) is 2.73. The zero-order chi connectivity index (χ0) is 17.6. The quantitative estimate of drug-likeness (QED) is 0.396. The lowest BCUT2D eigenvalue weighted by Crippen LogP contribution is -2.49. The second kappa shape index (κ2) is 8.39. The molecule has 1 atom stereocenters. The summed E-state index contributed by atoms with van der Waals surface area (Å²) >= 11 is 0.